The van der Waals surface area contributed by atoms with Crippen molar-refractivity contribution in [2.45, 2.75) is 0 Å². The Kier molecular flexibility index (Phi) is 4.20. The zero-order valence-corrected chi connectivity index (χ0v) is 10.7. The van der Waals surface area contributed by atoms with Gasteiger partial charge in [0.1, 0.15) is 11.6 Å². The molecule has 0 fully saturated rings. The number of carbonyl (C=O) groups excluding carboxylic acids is 1. The van der Waals surface area contributed by atoms with Gasteiger partial charge in [-0.25, -0.2) is 4.98 Å². The molecule has 1 heterocycles. The van der Waals surface area contributed by atoms with Crippen LogP contribution in [0.25, 0.3) is 0 Å². The van der Waals surface area contributed by atoms with Gasteiger partial charge in [-0.05, 0) is 36.4 Å². The maximum Gasteiger partial charge on any atom is 0.263 e. The predicted octanol–water partition coefficient (Wildman–Crippen LogP) is 2.33. The number of hydrogen-bond donors (Lipinski definition) is 2. The topological polar surface area (TPSA) is 77.2 Å². The van der Waals surface area contributed by atoms with Crippen molar-refractivity contribution < 1.29 is 9.53 Å². The molecule has 0 bridgehead atoms. The average molecular weight is 278 g/mol. The minimum atomic E-state index is -0.299. The Morgan fingerprint density at radius 2 is 2.00 bits per heavy atom. The van der Waals surface area contributed by atoms with Crippen molar-refractivity contribution in [3.05, 3.63) is 47.6 Å². The molecule has 0 aliphatic carbocycles. The lowest BCUT2D eigenvalue weighted by atomic mass is 10.3. The largest absolute Gasteiger partial charge is 0.484 e. The van der Waals surface area contributed by atoms with E-state index in [-0.39, 0.29) is 12.5 Å². The van der Waals surface area contributed by atoms with Gasteiger partial charge in [-0.1, -0.05) is 11.6 Å². The van der Waals surface area contributed by atoms with E-state index in [4.69, 9.17) is 22.1 Å². The molecular formula is C13H12ClN3O2. The van der Waals surface area contributed by atoms with Crippen molar-refractivity contribution in [1.82, 2.24) is 4.98 Å². The van der Waals surface area contributed by atoms with Crippen molar-refractivity contribution in [2.24, 2.45) is 0 Å². The number of hydrogen-bond acceptors (Lipinski definition) is 4. The molecule has 0 aliphatic heterocycles. The molecule has 0 aliphatic rings. The summed E-state index contributed by atoms with van der Waals surface area (Å²) in [6, 6.07) is 10.0. The third kappa shape index (κ3) is 4.15. The molecule has 1 aromatic heterocycles. The zero-order valence-electron chi connectivity index (χ0n) is 9.97. The molecule has 2 rings (SSSR count). The Bertz CT molecular complexity index is 555. The van der Waals surface area contributed by atoms with Crippen molar-refractivity contribution in [2.75, 3.05) is 17.7 Å². The highest BCUT2D eigenvalue weighted by Gasteiger charge is 2.04. The summed E-state index contributed by atoms with van der Waals surface area (Å²) >= 11 is 5.74. The second-order valence-corrected chi connectivity index (χ2v) is 4.20. The Morgan fingerprint density at radius 1 is 1.26 bits per heavy atom. The number of nitrogen functional groups attached to an aromatic ring is 1. The molecule has 0 radical (unpaired) electrons. The van der Waals surface area contributed by atoms with Crippen molar-refractivity contribution in [3.63, 3.8) is 0 Å². The molecule has 0 spiro atoms. The summed E-state index contributed by atoms with van der Waals surface area (Å²) in [5, 5.41) is 3.21. The van der Waals surface area contributed by atoms with Crippen LogP contribution in [0.5, 0.6) is 5.75 Å². The highest BCUT2D eigenvalue weighted by Crippen LogP contribution is 2.15. The fourth-order valence-electron chi connectivity index (χ4n) is 1.34. The second-order valence-electron chi connectivity index (χ2n) is 3.77. The Labute approximate surface area is 115 Å². The zero-order chi connectivity index (χ0) is 13.7. The van der Waals surface area contributed by atoms with Gasteiger partial charge in [-0.3, -0.25) is 4.79 Å². The third-order valence-corrected chi connectivity index (χ3v) is 2.49. The predicted molar refractivity (Wildman–Crippen MR) is 74.2 cm³/mol. The number of pyridine rings is 1. The van der Waals surface area contributed by atoms with Crippen LogP contribution < -0.4 is 15.8 Å². The van der Waals surface area contributed by atoms with Gasteiger partial charge >= 0.3 is 0 Å². The van der Waals surface area contributed by atoms with E-state index in [0.717, 1.165) is 0 Å². The first-order chi connectivity index (χ1) is 9.13. The van der Waals surface area contributed by atoms with Crippen LogP contribution in [0.3, 0.4) is 0 Å². The van der Waals surface area contributed by atoms with Crippen molar-refractivity contribution in [1.29, 1.82) is 0 Å². The van der Waals surface area contributed by atoms with Gasteiger partial charge < -0.3 is 15.8 Å². The Hall–Kier alpha value is -2.27. The molecule has 1 amide bonds. The first kappa shape index (κ1) is 13.2. The first-order valence-corrected chi connectivity index (χ1v) is 5.91. The molecule has 5 nitrogen and oxygen atoms in total. The van der Waals surface area contributed by atoms with E-state index in [1.54, 1.807) is 36.4 Å². The van der Waals surface area contributed by atoms with Crippen LogP contribution in [-0.4, -0.2) is 17.5 Å². The van der Waals surface area contributed by atoms with Crippen LogP contribution in [-0.2, 0) is 4.79 Å². The fraction of sp³-hybridized carbons (Fsp3) is 0.0769. The number of nitrogens with two attached hydrogens (primary N) is 1. The summed E-state index contributed by atoms with van der Waals surface area (Å²) in [7, 11) is 0. The Morgan fingerprint density at radius 3 is 2.63 bits per heavy atom. The standard InChI is InChI=1S/C13H12ClN3O2/c14-9-1-4-11(5-2-9)19-8-13(18)17-12-6-3-10(15)7-16-12/h1-7H,8,15H2,(H,16,17,18). The SMILES string of the molecule is Nc1ccc(NC(=O)COc2ccc(Cl)cc2)nc1. The van der Waals surface area contributed by atoms with Crippen molar-refractivity contribution >= 4 is 29.0 Å². The molecule has 0 atom stereocenters. The Balaban J connectivity index is 1.84. The smallest absolute Gasteiger partial charge is 0.263 e. The molecule has 0 saturated carbocycles. The van der Waals surface area contributed by atoms with Crippen molar-refractivity contribution in [3.8, 4) is 5.75 Å². The highest BCUT2D eigenvalue weighted by molar-refractivity contribution is 6.30. The van der Waals surface area contributed by atoms with E-state index < -0.39 is 0 Å². The summed E-state index contributed by atoms with van der Waals surface area (Å²) in [6.07, 6.45) is 1.47. The molecular weight excluding hydrogens is 266 g/mol. The third-order valence-electron chi connectivity index (χ3n) is 2.24. The van der Waals surface area contributed by atoms with Crippen LogP contribution in [0.4, 0.5) is 11.5 Å². The minimum absolute atomic E-state index is 0.103. The number of anilines is 2. The maximum absolute atomic E-state index is 11.6. The van der Waals surface area contributed by atoms with E-state index in [0.29, 0.717) is 22.3 Å². The molecule has 1 aromatic carbocycles. The lowest BCUT2D eigenvalue weighted by Crippen LogP contribution is -2.20. The number of halogens is 1. The number of nitrogens with zero attached hydrogens (tertiary/aromatic N) is 1. The molecule has 6 heteroatoms. The maximum atomic E-state index is 11.6. The summed E-state index contributed by atoms with van der Waals surface area (Å²) in [4.78, 5) is 15.6. The summed E-state index contributed by atoms with van der Waals surface area (Å²) < 4.78 is 5.30. The van der Waals surface area contributed by atoms with Gasteiger partial charge in [-0.15, -0.1) is 0 Å². The average Bonchev–Trinajstić information content (AvgIpc) is 2.41. The van der Waals surface area contributed by atoms with Gasteiger partial charge in [0.2, 0.25) is 0 Å². The molecule has 0 unspecified atom stereocenters. The van der Waals surface area contributed by atoms with Gasteiger partial charge in [0.25, 0.3) is 5.91 Å². The van der Waals surface area contributed by atoms with Gasteiger partial charge in [0.05, 0.1) is 11.9 Å². The lowest BCUT2D eigenvalue weighted by molar-refractivity contribution is -0.118. The monoisotopic (exact) mass is 277 g/mol. The van der Waals surface area contributed by atoms with Gasteiger partial charge in [0.15, 0.2) is 6.61 Å². The van der Waals surface area contributed by atoms with Crippen LogP contribution in [0.15, 0.2) is 42.6 Å². The van der Waals surface area contributed by atoms with Crippen LogP contribution in [0.1, 0.15) is 0 Å². The normalized spacial score (nSPS) is 9.95. The van der Waals surface area contributed by atoms with Gasteiger partial charge in [0, 0.05) is 5.02 Å². The number of aromatic nitrogens is 1. The summed E-state index contributed by atoms with van der Waals surface area (Å²) in [5.41, 5.74) is 6.03. The molecule has 2 aromatic rings. The fourth-order valence-corrected chi connectivity index (χ4v) is 1.46. The second kappa shape index (κ2) is 6.06. The molecule has 0 saturated heterocycles. The quantitative estimate of drug-likeness (QED) is 0.899. The summed E-state index contributed by atoms with van der Waals surface area (Å²) in [5.74, 6) is 0.705. The number of ether oxygens (including phenoxy) is 1. The number of amides is 1. The van der Waals surface area contributed by atoms with Crippen LogP contribution in [0.2, 0.25) is 5.02 Å². The van der Waals surface area contributed by atoms with Gasteiger partial charge in [-0.2, -0.15) is 0 Å². The lowest BCUT2D eigenvalue weighted by Gasteiger charge is -2.07. The van der Waals surface area contributed by atoms with E-state index in [1.165, 1.54) is 6.20 Å². The number of nitrogens with one attached hydrogen (secondary N) is 1. The molecule has 19 heavy (non-hydrogen) atoms. The number of rotatable bonds is 4. The number of benzene rings is 1. The van der Waals surface area contributed by atoms with Crippen LogP contribution in [0, 0.1) is 0 Å². The van der Waals surface area contributed by atoms with E-state index >= 15 is 0 Å². The van der Waals surface area contributed by atoms with E-state index in [9.17, 15) is 4.79 Å². The van der Waals surface area contributed by atoms with E-state index in [2.05, 4.69) is 10.3 Å². The minimum Gasteiger partial charge on any atom is -0.484 e. The van der Waals surface area contributed by atoms with E-state index in [1.807, 2.05) is 0 Å². The molecule has 98 valence electrons. The number of carbonyl (C=O) groups is 1. The molecule has 3 N–H and O–H groups in total. The highest BCUT2D eigenvalue weighted by atomic mass is 35.5. The van der Waals surface area contributed by atoms with Crippen LogP contribution >= 0.6 is 11.6 Å². The first-order valence-electron chi connectivity index (χ1n) is 5.53. The summed E-state index contributed by atoms with van der Waals surface area (Å²) in [6.45, 7) is -0.103.